The molecule has 0 saturated heterocycles. The first-order chi connectivity index (χ1) is 12.0. The molecular formula is C18H25N5OS. The summed E-state index contributed by atoms with van der Waals surface area (Å²) in [4.78, 5) is 21.9. The average Bonchev–Trinajstić information content (AvgIpc) is 2.91. The predicted molar refractivity (Wildman–Crippen MR) is 103 cm³/mol. The highest BCUT2D eigenvalue weighted by molar-refractivity contribution is 7.11. The Kier molecular flexibility index (Phi) is 6.94. The van der Waals surface area contributed by atoms with Gasteiger partial charge in [0.2, 0.25) is 0 Å². The molecule has 2 rings (SSSR count). The number of nitrogens with zero attached hydrogens (tertiary/aromatic N) is 2. The minimum Gasteiger partial charge on any atom is -0.355 e. The Hall–Kier alpha value is -2.41. The molecule has 0 spiro atoms. The van der Waals surface area contributed by atoms with Gasteiger partial charge in [-0.1, -0.05) is 17.7 Å². The largest absolute Gasteiger partial charge is 0.355 e. The Morgan fingerprint density at radius 3 is 2.56 bits per heavy atom. The molecule has 134 valence electrons. The number of hydrogen-bond donors (Lipinski definition) is 3. The van der Waals surface area contributed by atoms with E-state index in [1.165, 1.54) is 4.88 Å². The molecule has 0 bridgehead atoms. The molecule has 1 aromatic carbocycles. The lowest BCUT2D eigenvalue weighted by atomic mass is 10.1. The van der Waals surface area contributed by atoms with Crippen molar-refractivity contribution in [3.63, 3.8) is 0 Å². The Balaban J connectivity index is 1.72. The van der Waals surface area contributed by atoms with E-state index in [4.69, 9.17) is 0 Å². The average molecular weight is 359 g/mol. The van der Waals surface area contributed by atoms with Gasteiger partial charge in [0, 0.05) is 30.6 Å². The highest BCUT2D eigenvalue weighted by atomic mass is 32.1. The summed E-state index contributed by atoms with van der Waals surface area (Å²) in [5.41, 5.74) is 2.80. The zero-order chi connectivity index (χ0) is 18.2. The molecule has 3 N–H and O–H groups in total. The molecule has 0 aliphatic rings. The molecule has 0 unspecified atom stereocenters. The van der Waals surface area contributed by atoms with Crippen molar-refractivity contribution in [3.8, 4) is 0 Å². The molecule has 0 aliphatic carbocycles. The quantitative estimate of drug-likeness (QED) is 0.420. The van der Waals surface area contributed by atoms with Crippen LogP contribution in [0.5, 0.6) is 0 Å². The fraction of sp³-hybridized carbons (Fsp3) is 0.389. The standard InChI is InChI=1S/C18H25N5OS/c1-12-6-5-7-15(10-12)17(24)20-8-9-21-18(19-4)22-11-16-13(2)23-14(3)25-16/h5-7,10H,8-9,11H2,1-4H3,(H,20,24)(H2,19,21,22). The second-order valence-corrected chi connectivity index (χ2v) is 7.01. The highest BCUT2D eigenvalue weighted by Gasteiger charge is 2.07. The van der Waals surface area contributed by atoms with Gasteiger partial charge in [-0.15, -0.1) is 11.3 Å². The number of aryl methyl sites for hydroxylation is 3. The third-order valence-corrected chi connectivity index (χ3v) is 4.70. The van der Waals surface area contributed by atoms with E-state index in [-0.39, 0.29) is 5.91 Å². The molecule has 0 saturated carbocycles. The molecule has 1 heterocycles. The summed E-state index contributed by atoms with van der Waals surface area (Å²) in [6, 6.07) is 7.55. The zero-order valence-electron chi connectivity index (χ0n) is 15.1. The van der Waals surface area contributed by atoms with Gasteiger partial charge >= 0.3 is 0 Å². The molecule has 0 aliphatic heterocycles. The van der Waals surface area contributed by atoms with Crippen LogP contribution in [0.25, 0.3) is 0 Å². The number of benzene rings is 1. The fourth-order valence-electron chi connectivity index (χ4n) is 2.37. The van der Waals surface area contributed by atoms with E-state index in [1.54, 1.807) is 18.4 Å². The Morgan fingerprint density at radius 1 is 1.16 bits per heavy atom. The van der Waals surface area contributed by atoms with Crippen LogP contribution in [0.2, 0.25) is 0 Å². The second-order valence-electron chi connectivity index (χ2n) is 5.72. The highest BCUT2D eigenvalue weighted by Crippen LogP contribution is 2.16. The second kappa shape index (κ2) is 9.17. The van der Waals surface area contributed by atoms with E-state index < -0.39 is 0 Å². The van der Waals surface area contributed by atoms with Crippen LogP contribution in [0.1, 0.15) is 31.5 Å². The molecule has 0 fully saturated rings. The van der Waals surface area contributed by atoms with Crippen molar-refractivity contribution >= 4 is 23.2 Å². The van der Waals surface area contributed by atoms with Gasteiger partial charge in [0.25, 0.3) is 5.91 Å². The van der Waals surface area contributed by atoms with Crippen LogP contribution in [-0.4, -0.2) is 37.0 Å². The molecule has 25 heavy (non-hydrogen) atoms. The molecule has 1 amide bonds. The molecular weight excluding hydrogens is 334 g/mol. The minimum atomic E-state index is -0.0655. The van der Waals surface area contributed by atoms with Crippen molar-refractivity contribution in [3.05, 3.63) is 51.0 Å². The van der Waals surface area contributed by atoms with Gasteiger partial charge in [-0.2, -0.15) is 0 Å². The number of aromatic nitrogens is 1. The van der Waals surface area contributed by atoms with Crippen LogP contribution in [-0.2, 0) is 6.54 Å². The normalized spacial score (nSPS) is 11.3. The summed E-state index contributed by atoms with van der Waals surface area (Å²) in [5, 5.41) is 10.4. The van der Waals surface area contributed by atoms with Gasteiger partial charge in [-0.25, -0.2) is 4.98 Å². The summed E-state index contributed by atoms with van der Waals surface area (Å²) in [7, 11) is 1.73. The number of guanidine groups is 1. The van der Waals surface area contributed by atoms with Crippen molar-refractivity contribution in [1.82, 2.24) is 20.9 Å². The minimum absolute atomic E-state index is 0.0655. The first-order valence-electron chi connectivity index (χ1n) is 8.22. The smallest absolute Gasteiger partial charge is 0.251 e. The van der Waals surface area contributed by atoms with Crippen molar-refractivity contribution in [2.75, 3.05) is 20.1 Å². The first kappa shape index (κ1) is 18.9. The van der Waals surface area contributed by atoms with Crippen molar-refractivity contribution in [2.45, 2.75) is 27.3 Å². The third-order valence-electron chi connectivity index (χ3n) is 3.62. The Bertz CT molecular complexity index is 754. The van der Waals surface area contributed by atoms with E-state index in [0.717, 1.165) is 16.3 Å². The van der Waals surface area contributed by atoms with Gasteiger partial charge in [0.1, 0.15) is 0 Å². The number of carbonyl (C=O) groups is 1. The number of hydrogen-bond acceptors (Lipinski definition) is 4. The summed E-state index contributed by atoms with van der Waals surface area (Å²) >= 11 is 1.68. The van der Waals surface area contributed by atoms with Crippen molar-refractivity contribution in [1.29, 1.82) is 0 Å². The molecule has 0 radical (unpaired) electrons. The molecule has 7 heteroatoms. The predicted octanol–water partition coefficient (Wildman–Crippen LogP) is 2.16. The zero-order valence-corrected chi connectivity index (χ0v) is 16.0. The van der Waals surface area contributed by atoms with Crippen LogP contribution in [0.3, 0.4) is 0 Å². The Morgan fingerprint density at radius 2 is 1.92 bits per heavy atom. The number of carbonyl (C=O) groups excluding carboxylic acids is 1. The summed E-state index contributed by atoms with van der Waals surface area (Å²) in [5.74, 6) is 0.638. The molecule has 1 aromatic heterocycles. The van der Waals surface area contributed by atoms with Gasteiger partial charge in [-0.3, -0.25) is 9.79 Å². The van der Waals surface area contributed by atoms with Crippen LogP contribution in [0, 0.1) is 20.8 Å². The third kappa shape index (κ3) is 5.86. The lowest BCUT2D eigenvalue weighted by Crippen LogP contribution is -2.41. The number of rotatable bonds is 6. The van der Waals surface area contributed by atoms with E-state index in [2.05, 4.69) is 25.9 Å². The van der Waals surface area contributed by atoms with E-state index in [0.29, 0.717) is 31.2 Å². The van der Waals surface area contributed by atoms with E-state index >= 15 is 0 Å². The number of amides is 1. The maximum absolute atomic E-state index is 12.1. The summed E-state index contributed by atoms with van der Waals surface area (Å²) in [6.45, 7) is 7.79. The maximum Gasteiger partial charge on any atom is 0.251 e. The van der Waals surface area contributed by atoms with Gasteiger partial charge in [-0.05, 0) is 32.9 Å². The van der Waals surface area contributed by atoms with Gasteiger partial charge in [0.15, 0.2) is 5.96 Å². The first-order valence-corrected chi connectivity index (χ1v) is 9.03. The maximum atomic E-state index is 12.1. The number of thiazole rings is 1. The lowest BCUT2D eigenvalue weighted by molar-refractivity contribution is 0.0954. The van der Waals surface area contributed by atoms with E-state index in [1.807, 2.05) is 45.0 Å². The number of nitrogens with one attached hydrogen (secondary N) is 3. The number of aliphatic imine (C=N–C) groups is 1. The van der Waals surface area contributed by atoms with Crippen molar-refractivity contribution in [2.24, 2.45) is 4.99 Å². The van der Waals surface area contributed by atoms with Crippen LogP contribution in [0.15, 0.2) is 29.3 Å². The van der Waals surface area contributed by atoms with Gasteiger partial charge < -0.3 is 16.0 Å². The Labute approximate surface area is 152 Å². The lowest BCUT2D eigenvalue weighted by Gasteiger charge is -2.12. The van der Waals surface area contributed by atoms with Crippen LogP contribution in [0.4, 0.5) is 0 Å². The molecule has 6 nitrogen and oxygen atoms in total. The van der Waals surface area contributed by atoms with Crippen LogP contribution < -0.4 is 16.0 Å². The molecule has 2 aromatic rings. The SMILES string of the molecule is CN=C(NCCNC(=O)c1cccc(C)c1)NCc1sc(C)nc1C. The topological polar surface area (TPSA) is 78.4 Å². The summed E-state index contributed by atoms with van der Waals surface area (Å²) in [6.07, 6.45) is 0. The van der Waals surface area contributed by atoms with Crippen molar-refractivity contribution < 1.29 is 4.79 Å². The van der Waals surface area contributed by atoms with Crippen LogP contribution >= 0.6 is 11.3 Å². The van der Waals surface area contributed by atoms with Gasteiger partial charge in [0.05, 0.1) is 17.2 Å². The van der Waals surface area contributed by atoms with E-state index in [9.17, 15) is 4.79 Å². The molecule has 0 atom stereocenters. The fourth-order valence-corrected chi connectivity index (χ4v) is 3.24. The monoisotopic (exact) mass is 359 g/mol. The summed E-state index contributed by atoms with van der Waals surface area (Å²) < 4.78 is 0.